The second-order valence-corrected chi connectivity index (χ2v) is 16.3. The van der Waals surface area contributed by atoms with Crippen LogP contribution in [0.3, 0.4) is 0 Å². The van der Waals surface area contributed by atoms with Crippen LogP contribution in [0.15, 0.2) is 35.4 Å². The molecule has 4 heteroatoms. The number of halogens is 2. The van der Waals surface area contributed by atoms with E-state index in [1.54, 1.807) is 43.8 Å². The number of fused-ring (bicyclic) bond motifs is 8. The van der Waals surface area contributed by atoms with Crippen molar-refractivity contribution < 1.29 is 44.0 Å². The van der Waals surface area contributed by atoms with Crippen molar-refractivity contribution in [1.29, 1.82) is 0 Å². The molecule has 2 atom stereocenters. The van der Waals surface area contributed by atoms with E-state index >= 15 is 0 Å². The third-order valence-corrected chi connectivity index (χ3v) is 14.7. The van der Waals surface area contributed by atoms with Gasteiger partial charge in [-0.25, -0.2) is 0 Å². The summed E-state index contributed by atoms with van der Waals surface area (Å²) in [5.41, 5.74) is 16.3. The van der Waals surface area contributed by atoms with E-state index in [-0.39, 0.29) is 44.0 Å². The average molecular weight is 489 g/mol. The number of aryl methyl sites for hydroxylation is 4. The maximum atomic E-state index is 2.64. The SMILES string of the molecule is CC1=C2c3c(C)ccc(C)c3[CH]1[Ti+2][CH]1C(C)=C(c3c(C)ccc(C)c31)[Si]2(C)C.[Cl-].[Cl-]. The van der Waals surface area contributed by atoms with Crippen LogP contribution in [0.5, 0.6) is 0 Å². The maximum absolute atomic E-state index is 2.64. The summed E-state index contributed by atoms with van der Waals surface area (Å²) in [6.07, 6.45) is 0. The van der Waals surface area contributed by atoms with Crippen molar-refractivity contribution >= 4 is 18.5 Å². The molecule has 30 heavy (non-hydrogen) atoms. The second kappa shape index (κ2) is 7.78. The van der Waals surface area contributed by atoms with Crippen LogP contribution in [0, 0.1) is 27.7 Å². The fourth-order valence-corrected chi connectivity index (χ4v) is 14.8. The predicted molar refractivity (Wildman–Crippen MR) is 120 cm³/mol. The zero-order valence-electron chi connectivity index (χ0n) is 19.2. The average Bonchev–Trinajstić information content (AvgIpc) is 3.11. The molecule has 0 amide bonds. The summed E-state index contributed by atoms with van der Waals surface area (Å²) in [6, 6.07) is 9.49. The number of allylic oxidation sites excluding steroid dienone is 2. The van der Waals surface area contributed by atoms with E-state index in [0.717, 1.165) is 0 Å². The summed E-state index contributed by atoms with van der Waals surface area (Å²) >= 11 is -0.206. The van der Waals surface area contributed by atoms with Gasteiger partial charge in [0, 0.05) is 0 Å². The molecule has 3 aliphatic rings. The van der Waals surface area contributed by atoms with E-state index in [1.165, 1.54) is 22.3 Å². The monoisotopic (exact) mass is 488 g/mol. The zero-order valence-corrected chi connectivity index (χ0v) is 23.3. The van der Waals surface area contributed by atoms with Crippen molar-refractivity contribution in [2.45, 2.75) is 63.1 Å². The Bertz CT molecular complexity index is 1050. The largest absolute Gasteiger partial charge is 1.00 e. The minimum absolute atomic E-state index is 0. The Hall–Kier alpha value is -0.569. The van der Waals surface area contributed by atoms with Crippen LogP contribution in [-0.2, 0) is 19.2 Å². The molecule has 2 aromatic rings. The van der Waals surface area contributed by atoms with E-state index in [9.17, 15) is 0 Å². The van der Waals surface area contributed by atoms with E-state index < -0.39 is 8.07 Å². The van der Waals surface area contributed by atoms with Crippen LogP contribution >= 0.6 is 0 Å². The fraction of sp³-hybridized carbons (Fsp3) is 0.385. The molecule has 1 heterocycles. The minimum Gasteiger partial charge on any atom is -1.00 e. The van der Waals surface area contributed by atoms with Crippen molar-refractivity contribution in [3.05, 3.63) is 79.9 Å². The van der Waals surface area contributed by atoms with Crippen LogP contribution in [0.25, 0.3) is 10.4 Å². The summed E-state index contributed by atoms with van der Waals surface area (Å²) in [4.78, 5) is 0. The third kappa shape index (κ3) is 2.89. The standard InChI is InChI=1S/C26H30Si.2ClH.Ti/c1-15-9-11-17(3)23-21(15)13-19(5)25(23)27(7,8)26-20(6)14-22-16(2)10-12-18(4)24(22)26;;;/h9-14H,1-8H3;2*1H;/q;;;+2/p-2. The van der Waals surface area contributed by atoms with E-state index in [1.807, 2.05) is 0 Å². The Labute approximate surface area is 204 Å². The Morgan fingerprint density at radius 3 is 1.30 bits per heavy atom. The summed E-state index contributed by atoms with van der Waals surface area (Å²) in [6.45, 7) is 19.6. The van der Waals surface area contributed by atoms with Crippen molar-refractivity contribution in [2.24, 2.45) is 0 Å². The smallest absolute Gasteiger partial charge is 1.00 e. The molecule has 0 radical (unpaired) electrons. The zero-order chi connectivity index (χ0) is 20.1. The van der Waals surface area contributed by atoms with Gasteiger partial charge in [0.05, 0.1) is 0 Å². The molecule has 0 saturated carbocycles. The summed E-state index contributed by atoms with van der Waals surface area (Å²) in [5, 5.41) is 3.55. The molecular weight excluding hydrogens is 459 g/mol. The van der Waals surface area contributed by atoms with Crippen molar-refractivity contribution in [2.75, 3.05) is 0 Å². The van der Waals surface area contributed by atoms with E-state index in [0.29, 0.717) is 8.45 Å². The van der Waals surface area contributed by atoms with Crippen LogP contribution in [0.1, 0.15) is 66.8 Å². The molecule has 0 N–H and O–H groups in total. The fourth-order valence-electron chi connectivity index (χ4n) is 6.51. The first kappa shape index (κ1) is 24.1. The molecule has 2 aromatic carbocycles. The second-order valence-electron chi connectivity index (χ2n) is 9.75. The Balaban J connectivity index is 0.00000128. The molecule has 0 saturated heterocycles. The van der Waals surface area contributed by atoms with E-state index in [4.69, 9.17) is 0 Å². The predicted octanol–water partition coefficient (Wildman–Crippen LogP) is 1.17. The maximum Gasteiger partial charge on any atom is -1.00 e. The Morgan fingerprint density at radius 2 is 0.933 bits per heavy atom. The van der Waals surface area contributed by atoms with Gasteiger partial charge in [-0.05, 0) is 0 Å². The van der Waals surface area contributed by atoms with Gasteiger partial charge in [0.25, 0.3) is 0 Å². The van der Waals surface area contributed by atoms with Gasteiger partial charge in [0.2, 0.25) is 0 Å². The van der Waals surface area contributed by atoms with Gasteiger partial charge in [-0.15, -0.1) is 0 Å². The molecule has 0 nitrogen and oxygen atoms in total. The van der Waals surface area contributed by atoms with Gasteiger partial charge in [-0.3, -0.25) is 0 Å². The molecule has 1 aliphatic heterocycles. The third-order valence-electron chi connectivity index (χ3n) is 7.66. The molecule has 2 unspecified atom stereocenters. The molecule has 4 bridgehead atoms. The summed E-state index contributed by atoms with van der Waals surface area (Å²) in [5.74, 6) is 0. The van der Waals surface area contributed by atoms with Gasteiger partial charge < -0.3 is 24.8 Å². The van der Waals surface area contributed by atoms with Crippen molar-refractivity contribution in [1.82, 2.24) is 0 Å². The van der Waals surface area contributed by atoms with Crippen LogP contribution in [0.4, 0.5) is 0 Å². The number of hydrogen-bond acceptors (Lipinski definition) is 0. The molecular formula is C26H30Cl2SiTi. The summed E-state index contributed by atoms with van der Waals surface area (Å²) in [7, 11) is -1.81. The molecule has 5 rings (SSSR count). The molecule has 0 fully saturated rings. The number of benzene rings is 2. The molecule has 0 spiro atoms. The molecule has 156 valence electrons. The van der Waals surface area contributed by atoms with E-state index in [2.05, 4.69) is 78.9 Å². The Morgan fingerprint density at radius 1 is 0.600 bits per heavy atom. The number of hydrogen-bond donors (Lipinski definition) is 0. The first-order valence-corrected chi connectivity index (χ1v) is 15.4. The normalized spacial score (nSPS) is 22.1. The molecule has 2 aliphatic carbocycles. The van der Waals surface area contributed by atoms with Crippen molar-refractivity contribution in [3.8, 4) is 0 Å². The van der Waals surface area contributed by atoms with Crippen LogP contribution in [0.2, 0.25) is 13.1 Å². The van der Waals surface area contributed by atoms with Crippen molar-refractivity contribution in [3.63, 3.8) is 0 Å². The van der Waals surface area contributed by atoms with Gasteiger partial charge in [-0.1, -0.05) is 0 Å². The van der Waals surface area contributed by atoms with Crippen LogP contribution < -0.4 is 24.8 Å². The number of rotatable bonds is 0. The topological polar surface area (TPSA) is 0 Å². The Kier molecular flexibility index (Phi) is 6.25. The quantitative estimate of drug-likeness (QED) is 0.488. The first-order chi connectivity index (χ1) is 13.2. The van der Waals surface area contributed by atoms with Gasteiger partial charge in [0.15, 0.2) is 0 Å². The van der Waals surface area contributed by atoms with Crippen LogP contribution in [-0.4, -0.2) is 8.07 Å². The molecule has 0 aromatic heterocycles. The minimum atomic E-state index is -1.81. The summed E-state index contributed by atoms with van der Waals surface area (Å²) < 4.78 is 1.42. The first-order valence-electron chi connectivity index (χ1n) is 10.6. The van der Waals surface area contributed by atoms with Gasteiger partial charge in [-0.2, -0.15) is 0 Å². The van der Waals surface area contributed by atoms with Gasteiger partial charge in [0.1, 0.15) is 0 Å². The van der Waals surface area contributed by atoms with Gasteiger partial charge >= 0.3 is 181 Å².